The van der Waals surface area contributed by atoms with Crippen molar-refractivity contribution in [2.24, 2.45) is 0 Å². The molecule has 1 saturated carbocycles. The number of amides is 1. The van der Waals surface area contributed by atoms with E-state index in [0.29, 0.717) is 23.3 Å². The Kier molecular flexibility index (Phi) is 4.98. The number of nitrogens with one attached hydrogen (secondary N) is 1. The number of rotatable bonds is 6. The average molecular weight is 382 g/mol. The Balaban J connectivity index is 1.45. The Labute approximate surface area is 162 Å². The van der Waals surface area contributed by atoms with Gasteiger partial charge in [-0.15, -0.1) is 10.2 Å². The van der Waals surface area contributed by atoms with Crippen molar-refractivity contribution < 1.29 is 13.6 Å². The summed E-state index contributed by atoms with van der Waals surface area (Å²) >= 11 is 0. The van der Waals surface area contributed by atoms with Crippen molar-refractivity contribution in [2.75, 3.05) is 0 Å². The summed E-state index contributed by atoms with van der Waals surface area (Å²) in [5.74, 6) is 1.07. The molecule has 1 aliphatic carbocycles. The lowest BCUT2D eigenvalue weighted by molar-refractivity contribution is -0.121. The molecule has 0 unspecified atom stereocenters. The van der Waals surface area contributed by atoms with Crippen LogP contribution in [-0.2, 0) is 17.9 Å². The predicted molar refractivity (Wildman–Crippen MR) is 102 cm³/mol. The molecule has 0 saturated heterocycles. The molecule has 0 aliphatic heterocycles. The molecule has 146 valence electrons. The van der Waals surface area contributed by atoms with Crippen LogP contribution < -0.4 is 5.32 Å². The molecule has 1 aliphatic rings. The van der Waals surface area contributed by atoms with Crippen LogP contribution in [0.4, 0.5) is 4.39 Å². The minimum Gasteiger partial charge on any atom is -0.420 e. The molecule has 3 aromatic rings. The quantitative estimate of drug-likeness (QED) is 0.702. The van der Waals surface area contributed by atoms with Gasteiger partial charge in [0.25, 0.3) is 0 Å². The highest BCUT2D eigenvalue weighted by Crippen LogP contribution is 2.37. The van der Waals surface area contributed by atoms with Gasteiger partial charge in [0.15, 0.2) is 0 Å². The first-order valence-corrected chi connectivity index (χ1v) is 9.53. The standard InChI is InChI=1S/C21H23FN4O2/c1-13-10-17(21-25-24-20(28-21)15-7-5-8-15)14(2)26(13)12-19(27)23-11-16-6-3-4-9-18(16)22/h3-4,6,9-10,15H,5,7-8,11-12H2,1-2H3,(H,23,27). The minimum absolute atomic E-state index is 0.149. The first-order chi connectivity index (χ1) is 13.5. The molecule has 4 rings (SSSR count). The molecule has 2 heterocycles. The number of benzene rings is 1. The number of carbonyl (C=O) groups is 1. The SMILES string of the molecule is Cc1cc(-c2nnc(C3CCC3)o2)c(C)n1CC(=O)NCc1ccccc1F. The molecule has 0 radical (unpaired) electrons. The maximum absolute atomic E-state index is 13.7. The van der Waals surface area contributed by atoms with Crippen molar-refractivity contribution in [3.63, 3.8) is 0 Å². The van der Waals surface area contributed by atoms with Gasteiger partial charge >= 0.3 is 0 Å². The maximum Gasteiger partial charge on any atom is 0.249 e. The molecule has 7 heteroatoms. The smallest absolute Gasteiger partial charge is 0.249 e. The molecule has 1 fully saturated rings. The third kappa shape index (κ3) is 3.56. The van der Waals surface area contributed by atoms with E-state index in [1.807, 2.05) is 24.5 Å². The second-order valence-corrected chi connectivity index (χ2v) is 7.31. The van der Waals surface area contributed by atoms with Crippen molar-refractivity contribution in [3.05, 3.63) is 59.0 Å². The number of hydrogen-bond donors (Lipinski definition) is 1. The van der Waals surface area contributed by atoms with E-state index in [0.717, 1.165) is 29.8 Å². The highest BCUT2D eigenvalue weighted by atomic mass is 19.1. The summed E-state index contributed by atoms with van der Waals surface area (Å²) in [5.41, 5.74) is 3.13. The first kappa shape index (κ1) is 18.4. The van der Waals surface area contributed by atoms with E-state index in [2.05, 4.69) is 15.5 Å². The first-order valence-electron chi connectivity index (χ1n) is 9.53. The van der Waals surface area contributed by atoms with Gasteiger partial charge in [-0.3, -0.25) is 4.79 Å². The van der Waals surface area contributed by atoms with Gasteiger partial charge in [0.2, 0.25) is 17.7 Å². The maximum atomic E-state index is 13.7. The lowest BCUT2D eigenvalue weighted by Gasteiger charge is -2.20. The van der Waals surface area contributed by atoms with Gasteiger partial charge in [0.1, 0.15) is 12.4 Å². The number of aromatic nitrogens is 3. The van der Waals surface area contributed by atoms with E-state index in [1.54, 1.807) is 18.2 Å². The number of carbonyl (C=O) groups excluding carboxylic acids is 1. The normalized spacial score (nSPS) is 14.1. The highest BCUT2D eigenvalue weighted by Gasteiger charge is 2.26. The van der Waals surface area contributed by atoms with Crippen LogP contribution in [0.1, 0.15) is 48.0 Å². The lowest BCUT2D eigenvalue weighted by atomic mass is 9.85. The molecule has 2 aromatic heterocycles. The second-order valence-electron chi connectivity index (χ2n) is 7.31. The van der Waals surface area contributed by atoms with E-state index in [-0.39, 0.29) is 24.8 Å². The van der Waals surface area contributed by atoms with Gasteiger partial charge in [0.05, 0.1) is 5.56 Å². The molecule has 28 heavy (non-hydrogen) atoms. The van der Waals surface area contributed by atoms with Gasteiger partial charge in [-0.25, -0.2) is 4.39 Å². The zero-order chi connectivity index (χ0) is 19.7. The van der Waals surface area contributed by atoms with Crippen molar-refractivity contribution in [3.8, 4) is 11.5 Å². The largest absolute Gasteiger partial charge is 0.420 e. The summed E-state index contributed by atoms with van der Waals surface area (Å²) in [7, 11) is 0. The molecular weight excluding hydrogens is 359 g/mol. The van der Waals surface area contributed by atoms with Crippen LogP contribution in [0.5, 0.6) is 0 Å². The number of nitrogens with zero attached hydrogens (tertiary/aromatic N) is 3. The number of hydrogen-bond acceptors (Lipinski definition) is 4. The van der Waals surface area contributed by atoms with Crippen LogP contribution in [-0.4, -0.2) is 20.7 Å². The van der Waals surface area contributed by atoms with Crippen LogP contribution in [0.25, 0.3) is 11.5 Å². The van der Waals surface area contributed by atoms with Gasteiger partial charge in [-0.1, -0.05) is 24.6 Å². The Bertz CT molecular complexity index is 1000. The predicted octanol–water partition coefficient (Wildman–Crippen LogP) is 3.88. The van der Waals surface area contributed by atoms with Gasteiger partial charge in [-0.2, -0.15) is 0 Å². The fourth-order valence-corrected chi connectivity index (χ4v) is 3.46. The van der Waals surface area contributed by atoms with Crippen LogP contribution in [0.3, 0.4) is 0 Å². The molecular formula is C21H23FN4O2. The summed E-state index contributed by atoms with van der Waals surface area (Å²) in [5, 5.41) is 11.2. The summed E-state index contributed by atoms with van der Waals surface area (Å²) in [4.78, 5) is 12.4. The van der Waals surface area contributed by atoms with E-state index in [4.69, 9.17) is 4.42 Å². The Morgan fingerprint density at radius 3 is 2.79 bits per heavy atom. The zero-order valence-electron chi connectivity index (χ0n) is 16.0. The molecule has 1 aromatic carbocycles. The molecule has 0 bridgehead atoms. The second kappa shape index (κ2) is 7.58. The van der Waals surface area contributed by atoms with Gasteiger partial charge in [0, 0.05) is 29.4 Å². The fourth-order valence-electron chi connectivity index (χ4n) is 3.46. The third-order valence-electron chi connectivity index (χ3n) is 5.43. The number of halogens is 1. The Morgan fingerprint density at radius 1 is 1.29 bits per heavy atom. The van der Waals surface area contributed by atoms with E-state index in [1.165, 1.54) is 12.5 Å². The van der Waals surface area contributed by atoms with E-state index >= 15 is 0 Å². The summed E-state index contributed by atoms with van der Waals surface area (Å²) in [6.45, 7) is 4.17. The van der Waals surface area contributed by atoms with Crippen LogP contribution in [0, 0.1) is 19.7 Å². The van der Waals surface area contributed by atoms with E-state index in [9.17, 15) is 9.18 Å². The summed E-state index contributed by atoms with van der Waals surface area (Å²) in [6, 6.07) is 8.38. The molecule has 1 N–H and O–H groups in total. The average Bonchev–Trinajstić information content (AvgIpc) is 3.20. The van der Waals surface area contributed by atoms with Crippen molar-refractivity contribution >= 4 is 5.91 Å². The van der Waals surface area contributed by atoms with Crippen LogP contribution in [0.2, 0.25) is 0 Å². The molecule has 0 spiro atoms. The molecule has 0 atom stereocenters. The van der Waals surface area contributed by atoms with Crippen LogP contribution in [0.15, 0.2) is 34.7 Å². The summed E-state index contributed by atoms with van der Waals surface area (Å²) in [6.07, 6.45) is 3.41. The highest BCUT2D eigenvalue weighted by molar-refractivity contribution is 5.76. The lowest BCUT2D eigenvalue weighted by Crippen LogP contribution is -2.28. The number of aryl methyl sites for hydroxylation is 1. The monoisotopic (exact) mass is 382 g/mol. The fraction of sp³-hybridized carbons (Fsp3) is 0.381. The van der Waals surface area contributed by atoms with E-state index < -0.39 is 0 Å². The zero-order valence-corrected chi connectivity index (χ0v) is 16.0. The summed E-state index contributed by atoms with van der Waals surface area (Å²) < 4.78 is 21.5. The van der Waals surface area contributed by atoms with Gasteiger partial charge in [-0.05, 0) is 38.8 Å². The van der Waals surface area contributed by atoms with Crippen LogP contribution >= 0.6 is 0 Å². The van der Waals surface area contributed by atoms with Crippen molar-refractivity contribution in [1.82, 2.24) is 20.1 Å². The van der Waals surface area contributed by atoms with Gasteiger partial charge < -0.3 is 14.3 Å². The van der Waals surface area contributed by atoms with Crippen molar-refractivity contribution in [1.29, 1.82) is 0 Å². The van der Waals surface area contributed by atoms with Crippen molar-refractivity contribution in [2.45, 2.75) is 52.1 Å². The third-order valence-corrected chi connectivity index (χ3v) is 5.43. The molecule has 6 nitrogen and oxygen atoms in total. The topological polar surface area (TPSA) is 73.0 Å². The Morgan fingerprint density at radius 2 is 2.07 bits per heavy atom. The Hall–Kier alpha value is -2.96. The minimum atomic E-state index is -0.322. The molecule has 1 amide bonds.